The molecule has 1 atom stereocenters. The first kappa shape index (κ1) is 16.0. The van der Waals surface area contributed by atoms with Gasteiger partial charge in [-0.1, -0.05) is 24.3 Å². The first-order chi connectivity index (χ1) is 10.6. The lowest BCUT2D eigenvalue weighted by Crippen LogP contribution is -2.25. The highest BCUT2D eigenvalue weighted by molar-refractivity contribution is 5.32. The molecule has 0 spiro atoms. The van der Waals surface area contributed by atoms with E-state index in [-0.39, 0.29) is 19.0 Å². The van der Waals surface area contributed by atoms with E-state index in [4.69, 9.17) is 9.47 Å². The third-order valence-corrected chi connectivity index (χ3v) is 2.66. The summed E-state index contributed by atoms with van der Waals surface area (Å²) in [5.41, 5.74) is 0. The number of alkyl halides is 2. The molecule has 0 aliphatic heterocycles. The van der Waals surface area contributed by atoms with Crippen LogP contribution in [0.4, 0.5) is 8.78 Å². The van der Waals surface area contributed by atoms with Crippen LogP contribution in [0.1, 0.15) is 0 Å². The van der Waals surface area contributed by atoms with Gasteiger partial charge in [0.25, 0.3) is 0 Å². The molecule has 2 rings (SSSR count). The van der Waals surface area contributed by atoms with Gasteiger partial charge in [0.2, 0.25) is 0 Å². The number of aliphatic hydroxyl groups is 1. The Balaban J connectivity index is 1.77. The van der Waals surface area contributed by atoms with E-state index in [1.165, 1.54) is 18.2 Å². The van der Waals surface area contributed by atoms with Crippen molar-refractivity contribution in [2.45, 2.75) is 12.7 Å². The van der Waals surface area contributed by atoms with Crippen LogP contribution < -0.4 is 14.2 Å². The second kappa shape index (κ2) is 8.19. The molecular weight excluding hydrogens is 294 g/mol. The SMILES string of the molecule is OC(COc1ccccc1)COc1cccc(OC(F)F)c1. The van der Waals surface area contributed by atoms with Gasteiger partial charge in [0.05, 0.1) is 0 Å². The lowest BCUT2D eigenvalue weighted by atomic mass is 10.3. The zero-order valence-electron chi connectivity index (χ0n) is 11.7. The molecule has 4 nitrogen and oxygen atoms in total. The number of hydrogen-bond donors (Lipinski definition) is 1. The summed E-state index contributed by atoms with van der Waals surface area (Å²) >= 11 is 0. The van der Waals surface area contributed by atoms with E-state index in [9.17, 15) is 13.9 Å². The zero-order valence-corrected chi connectivity index (χ0v) is 11.7. The molecule has 1 unspecified atom stereocenters. The van der Waals surface area contributed by atoms with Gasteiger partial charge in [0.1, 0.15) is 36.6 Å². The van der Waals surface area contributed by atoms with Crippen molar-refractivity contribution in [1.29, 1.82) is 0 Å². The summed E-state index contributed by atoms with van der Waals surface area (Å²) in [7, 11) is 0. The molecule has 0 bridgehead atoms. The normalized spacial score (nSPS) is 12.0. The molecule has 0 aromatic heterocycles. The van der Waals surface area contributed by atoms with Gasteiger partial charge in [0.15, 0.2) is 0 Å². The maximum Gasteiger partial charge on any atom is 0.387 e. The summed E-state index contributed by atoms with van der Waals surface area (Å²) in [6, 6.07) is 14.9. The lowest BCUT2D eigenvalue weighted by molar-refractivity contribution is -0.0499. The predicted molar refractivity (Wildman–Crippen MR) is 76.5 cm³/mol. The fraction of sp³-hybridized carbons (Fsp3) is 0.250. The molecule has 0 aliphatic carbocycles. The average molecular weight is 310 g/mol. The molecule has 0 heterocycles. The Labute approximate surface area is 126 Å². The molecule has 0 fully saturated rings. The van der Waals surface area contributed by atoms with Gasteiger partial charge in [-0.15, -0.1) is 0 Å². The van der Waals surface area contributed by atoms with Gasteiger partial charge in [-0.2, -0.15) is 8.78 Å². The molecule has 6 heteroatoms. The summed E-state index contributed by atoms with van der Waals surface area (Å²) < 4.78 is 39.2. The minimum Gasteiger partial charge on any atom is -0.491 e. The van der Waals surface area contributed by atoms with Gasteiger partial charge in [-0.25, -0.2) is 0 Å². The molecule has 2 aromatic carbocycles. The second-order valence-corrected chi connectivity index (χ2v) is 4.44. The summed E-state index contributed by atoms with van der Waals surface area (Å²) in [6.45, 7) is -2.84. The number of rotatable bonds is 8. The molecule has 0 aliphatic rings. The van der Waals surface area contributed by atoms with Crippen molar-refractivity contribution in [3.05, 3.63) is 54.6 Å². The Hall–Kier alpha value is -2.34. The number of ether oxygens (including phenoxy) is 3. The highest BCUT2D eigenvalue weighted by Crippen LogP contribution is 2.21. The highest BCUT2D eigenvalue weighted by Gasteiger charge is 2.08. The molecule has 118 valence electrons. The summed E-state index contributed by atoms with van der Waals surface area (Å²) in [6.07, 6.45) is -0.847. The molecular formula is C16H16F2O4. The van der Waals surface area contributed by atoms with Crippen LogP contribution in [0, 0.1) is 0 Å². The summed E-state index contributed by atoms with van der Waals surface area (Å²) in [4.78, 5) is 0. The predicted octanol–water partition coefficient (Wildman–Crippen LogP) is 3.11. The van der Waals surface area contributed by atoms with Crippen LogP contribution >= 0.6 is 0 Å². The Morgan fingerprint density at radius 2 is 1.41 bits per heavy atom. The first-order valence-corrected chi connectivity index (χ1v) is 6.67. The smallest absolute Gasteiger partial charge is 0.387 e. The second-order valence-electron chi connectivity index (χ2n) is 4.44. The minimum absolute atomic E-state index is 0.00234. The van der Waals surface area contributed by atoms with Gasteiger partial charge in [-0.05, 0) is 24.3 Å². The van der Waals surface area contributed by atoms with Crippen molar-refractivity contribution in [2.75, 3.05) is 13.2 Å². The first-order valence-electron chi connectivity index (χ1n) is 6.67. The topological polar surface area (TPSA) is 47.9 Å². The fourth-order valence-corrected chi connectivity index (χ4v) is 1.69. The zero-order chi connectivity index (χ0) is 15.8. The molecule has 1 N–H and O–H groups in total. The van der Waals surface area contributed by atoms with Crippen LogP contribution in [0.5, 0.6) is 17.2 Å². The molecule has 22 heavy (non-hydrogen) atoms. The number of hydrogen-bond acceptors (Lipinski definition) is 4. The Bertz CT molecular complexity index is 563. The van der Waals surface area contributed by atoms with Crippen molar-refractivity contribution < 1.29 is 28.1 Å². The van der Waals surface area contributed by atoms with Gasteiger partial charge in [0, 0.05) is 6.07 Å². The van der Waals surface area contributed by atoms with Crippen molar-refractivity contribution in [3.8, 4) is 17.2 Å². The monoisotopic (exact) mass is 310 g/mol. The van der Waals surface area contributed by atoms with Gasteiger partial charge >= 0.3 is 6.61 Å². The van der Waals surface area contributed by atoms with Crippen LogP contribution in [0.2, 0.25) is 0 Å². The van der Waals surface area contributed by atoms with E-state index in [1.54, 1.807) is 18.2 Å². The number of para-hydroxylation sites is 1. The third kappa shape index (κ3) is 5.57. The molecule has 0 amide bonds. The van der Waals surface area contributed by atoms with Crippen molar-refractivity contribution >= 4 is 0 Å². The van der Waals surface area contributed by atoms with Gasteiger partial charge < -0.3 is 19.3 Å². The van der Waals surface area contributed by atoms with Crippen molar-refractivity contribution in [3.63, 3.8) is 0 Å². The summed E-state index contributed by atoms with van der Waals surface area (Å²) in [5.74, 6) is 0.980. The van der Waals surface area contributed by atoms with Crippen LogP contribution in [-0.2, 0) is 0 Å². The number of benzene rings is 2. The van der Waals surface area contributed by atoms with E-state index in [2.05, 4.69) is 4.74 Å². The maximum atomic E-state index is 12.1. The quantitative estimate of drug-likeness (QED) is 0.814. The molecule has 0 saturated carbocycles. The largest absolute Gasteiger partial charge is 0.491 e. The number of aliphatic hydroxyl groups excluding tert-OH is 1. The van der Waals surface area contributed by atoms with Crippen molar-refractivity contribution in [1.82, 2.24) is 0 Å². The van der Waals surface area contributed by atoms with E-state index >= 15 is 0 Å². The van der Waals surface area contributed by atoms with Crippen LogP contribution in [0.15, 0.2) is 54.6 Å². The Kier molecular flexibility index (Phi) is 5.97. The molecule has 0 saturated heterocycles. The van der Waals surface area contributed by atoms with E-state index in [1.807, 2.05) is 18.2 Å². The van der Waals surface area contributed by atoms with E-state index < -0.39 is 12.7 Å². The standard InChI is InChI=1S/C16H16F2O4/c17-16(18)22-15-8-4-7-14(9-15)21-11-12(19)10-20-13-5-2-1-3-6-13/h1-9,12,16,19H,10-11H2. The van der Waals surface area contributed by atoms with Crippen LogP contribution in [0.25, 0.3) is 0 Å². The average Bonchev–Trinajstić information content (AvgIpc) is 2.52. The van der Waals surface area contributed by atoms with Crippen molar-refractivity contribution in [2.24, 2.45) is 0 Å². The molecule has 2 aromatic rings. The van der Waals surface area contributed by atoms with Crippen LogP contribution in [0.3, 0.4) is 0 Å². The maximum absolute atomic E-state index is 12.1. The lowest BCUT2D eigenvalue weighted by Gasteiger charge is -2.14. The Morgan fingerprint density at radius 1 is 0.818 bits per heavy atom. The fourth-order valence-electron chi connectivity index (χ4n) is 1.69. The van der Waals surface area contributed by atoms with E-state index in [0.717, 1.165) is 0 Å². The third-order valence-electron chi connectivity index (χ3n) is 2.66. The summed E-state index contributed by atoms with van der Waals surface area (Å²) in [5, 5.41) is 9.79. The number of halogens is 2. The molecule has 0 radical (unpaired) electrons. The van der Waals surface area contributed by atoms with E-state index in [0.29, 0.717) is 11.5 Å². The highest BCUT2D eigenvalue weighted by atomic mass is 19.3. The Morgan fingerprint density at radius 3 is 2.09 bits per heavy atom. The van der Waals surface area contributed by atoms with Crippen LogP contribution in [-0.4, -0.2) is 31.0 Å². The van der Waals surface area contributed by atoms with Gasteiger partial charge in [-0.3, -0.25) is 0 Å². The minimum atomic E-state index is -2.89.